The van der Waals surface area contributed by atoms with E-state index < -0.39 is 0 Å². The molecule has 164 valence electrons. The van der Waals surface area contributed by atoms with Crippen molar-refractivity contribution in [2.45, 2.75) is 26.4 Å². The summed E-state index contributed by atoms with van der Waals surface area (Å²) in [7, 11) is 1.64. The van der Waals surface area contributed by atoms with Crippen LogP contribution in [0.2, 0.25) is 0 Å². The number of thiophene rings is 1. The van der Waals surface area contributed by atoms with Gasteiger partial charge in [-0.15, -0.1) is 11.3 Å². The lowest BCUT2D eigenvalue weighted by atomic mass is 10.1. The third-order valence-electron chi connectivity index (χ3n) is 5.01. The highest BCUT2D eigenvalue weighted by molar-refractivity contribution is 7.10. The molecule has 0 aliphatic carbocycles. The van der Waals surface area contributed by atoms with Gasteiger partial charge in [0.05, 0.1) is 26.3 Å². The smallest absolute Gasteiger partial charge is 0.234 e. The quantitative estimate of drug-likeness (QED) is 0.463. The number of ether oxygens (including phenoxy) is 2. The largest absolute Gasteiger partial charge is 0.493 e. The third-order valence-corrected chi connectivity index (χ3v) is 5.95. The number of likely N-dealkylation sites (N-methyl/N-ethyl adjacent to an activating group) is 1. The molecule has 1 N–H and O–H groups in total. The van der Waals surface area contributed by atoms with Crippen molar-refractivity contribution >= 4 is 17.2 Å². The highest BCUT2D eigenvalue weighted by atomic mass is 32.1. The number of carbonyl (C=O) groups is 1. The number of benzene rings is 2. The van der Waals surface area contributed by atoms with Crippen LogP contribution in [0.5, 0.6) is 11.5 Å². The van der Waals surface area contributed by atoms with Gasteiger partial charge in [0.1, 0.15) is 0 Å². The summed E-state index contributed by atoms with van der Waals surface area (Å²) in [5.74, 6) is 1.44. The monoisotopic (exact) mass is 438 g/mol. The summed E-state index contributed by atoms with van der Waals surface area (Å²) in [5.41, 5.74) is 2.16. The van der Waals surface area contributed by atoms with Gasteiger partial charge in [-0.05, 0) is 48.2 Å². The van der Waals surface area contributed by atoms with Crippen molar-refractivity contribution in [3.05, 3.63) is 82.0 Å². The normalized spacial score (nSPS) is 11.9. The second-order valence-corrected chi connectivity index (χ2v) is 8.13. The zero-order chi connectivity index (χ0) is 22.1. The average Bonchev–Trinajstić information content (AvgIpc) is 3.33. The minimum atomic E-state index is -0.141. The van der Waals surface area contributed by atoms with Gasteiger partial charge in [-0.2, -0.15) is 0 Å². The fraction of sp³-hybridized carbons (Fsp3) is 0.320. The number of nitrogens with one attached hydrogen (secondary N) is 1. The van der Waals surface area contributed by atoms with Gasteiger partial charge in [0, 0.05) is 11.4 Å². The molecule has 3 rings (SSSR count). The van der Waals surface area contributed by atoms with Gasteiger partial charge >= 0.3 is 0 Å². The Balaban J connectivity index is 1.67. The minimum Gasteiger partial charge on any atom is -0.493 e. The number of rotatable bonds is 11. The Labute approximate surface area is 188 Å². The molecule has 0 aliphatic heterocycles. The molecule has 0 fully saturated rings. The number of carbonyl (C=O) groups excluding carboxylic acids is 1. The highest BCUT2D eigenvalue weighted by Crippen LogP contribution is 2.29. The van der Waals surface area contributed by atoms with Crippen LogP contribution in [-0.4, -0.2) is 37.6 Å². The Morgan fingerprint density at radius 2 is 1.87 bits per heavy atom. The Bertz CT molecular complexity index is 945. The van der Waals surface area contributed by atoms with E-state index in [4.69, 9.17) is 9.47 Å². The second kappa shape index (κ2) is 11.5. The van der Waals surface area contributed by atoms with Crippen molar-refractivity contribution in [3.63, 3.8) is 0 Å². The van der Waals surface area contributed by atoms with E-state index in [1.807, 2.05) is 54.8 Å². The first-order valence-corrected chi connectivity index (χ1v) is 11.4. The minimum absolute atomic E-state index is 0.00186. The summed E-state index contributed by atoms with van der Waals surface area (Å²) in [6.45, 7) is 6.33. The summed E-state index contributed by atoms with van der Waals surface area (Å²) in [4.78, 5) is 16.2. The van der Waals surface area contributed by atoms with E-state index in [1.165, 1.54) is 0 Å². The first-order chi connectivity index (χ1) is 15.1. The summed E-state index contributed by atoms with van der Waals surface area (Å²) < 4.78 is 11.1. The van der Waals surface area contributed by atoms with Crippen LogP contribution in [0, 0.1) is 0 Å². The van der Waals surface area contributed by atoms with Crippen molar-refractivity contribution in [2.24, 2.45) is 0 Å². The number of methoxy groups -OCH3 is 1. The molecule has 0 bridgehead atoms. The van der Waals surface area contributed by atoms with Crippen LogP contribution in [0.15, 0.2) is 66.0 Å². The van der Waals surface area contributed by atoms with Crippen molar-refractivity contribution in [2.75, 3.05) is 26.8 Å². The van der Waals surface area contributed by atoms with Crippen LogP contribution in [0.25, 0.3) is 0 Å². The molecule has 6 heteroatoms. The van der Waals surface area contributed by atoms with Gasteiger partial charge in [-0.25, -0.2) is 0 Å². The third kappa shape index (κ3) is 6.32. The standard InChI is InChI=1S/C25H30N2O3S/c1-4-27(17-19-13-14-21(30-5-2)22(16-19)29-3)18-24(28)26-25(23-12-9-15-31-23)20-10-7-6-8-11-20/h6-16,25H,4-5,17-18H2,1-3H3,(H,26,28)/t25-/m1/s1. The molecular weight excluding hydrogens is 408 g/mol. The summed E-state index contributed by atoms with van der Waals surface area (Å²) in [6.07, 6.45) is 0. The van der Waals surface area contributed by atoms with Gasteiger partial charge < -0.3 is 14.8 Å². The Kier molecular flexibility index (Phi) is 8.50. The van der Waals surface area contributed by atoms with Crippen molar-refractivity contribution in [1.82, 2.24) is 10.2 Å². The summed E-state index contributed by atoms with van der Waals surface area (Å²) in [6, 6.07) is 19.9. The van der Waals surface area contributed by atoms with Crippen molar-refractivity contribution in [1.29, 1.82) is 0 Å². The van der Waals surface area contributed by atoms with Crippen LogP contribution in [0.1, 0.15) is 35.9 Å². The van der Waals surface area contributed by atoms with E-state index in [-0.39, 0.29) is 11.9 Å². The Morgan fingerprint density at radius 3 is 2.52 bits per heavy atom. The number of amides is 1. The molecule has 1 atom stereocenters. The maximum Gasteiger partial charge on any atom is 0.234 e. The molecule has 1 heterocycles. The lowest BCUT2D eigenvalue weighted by molar-refractivity contribution is -0.122. The molecular formula is C25H30N2O3S. The number of hydrogen-bond acceptors (Lipinski definition) is 5. The van der Waals surface area contributed by atoms with E-state index in [2.05, 4.69) is 35.3 Å². The van der Waals surface area contributed by atoms with E-state index in [0.29, 0.717) is 25.4 Å². The maximum absolute atomic E-state index is 13.0. The first-order valence-electron chi connectivity index (χ1n) is 10.5. The molecule has 0 saturated carbocycles. The summed E-state index contributed by atoms with van der Waals surface area (Å²) in [5, 5.41) is 5.26. The van der Waals surface area contributed by atoms with Crippen LogP contribution in [-0.2, 0) is 11.3 Å². The summed E-state index contributed by atoms with van der Waals surface area (Å²) >= 11 is 1.65. The molecule has 1 aromatic heterocycles. The van der Waals surface area contributed by atoms with Crippen LogP contribution in [0.4, 0.5) is 0 Å². The Hall–Kier alpha value is -2.83. The van der Waals surface area contributed by atoms with E-state index in [1.54, 1.807) is 18.4 Å². The highest BCUT2D eigenvalue weighted by Gasteiger charge is 2.19. The van der Waals surface area contributed by atoms with Crippen molar-refractivity contribution < 1.29 is 14.3 Å². The molecule has 0 aliphatic rings. The van der Waals surface area contributed by atoms with Gasteiger partial charge in [0.15, 0.2) is 11.5 Å². The zero-order valence-corrected chi connectivity index (χ0v) is 19.2. The average molecular weight is 439 g/mol. The molecule has 1 amide bonds. The van der Waals surface area contributed by atoms with E-state index >= 15 is 0 Å². The first kappa shape index (κ1) is 22.8. The molecule has 0 saturated heterocycles. The zero-order valence-electron chi connectivity index (χ0n) is 18.3. The lowest BCUT2D eigenvalue weighted by Crippen LogP contribution is -2.38. The van der Waals surface area contributed by atoms with E-state index in [9.17, 15) is 4.79 Å². The van der Waals surface area contributed by atoms with Crippen LogP contribution < -0.4 is 14.8 Å². The van der Waals surface area contributed by atoms with Gasteiger partial charge in [0.25, 0.3) is 0 Å². The fourth-order valence-corrected chi connectivity index (χ4v) is 4.25. The van der Waals surface area contributed by atoms with Gasteiger partial charge in [-0.1, -0.05) is 49.4 Å². The molecule has 3 aromatic rings. The maximum atomic E-state index is 13.0. The van der Waals surface area contributed by atoms with Gasteiger partial charge in [0.2, 0.25) is 5.91 Å². The molecule has 0 spiro atoms. The molecule has 31 heavy (non-hydrogen) atoms. The van der Waals surface area contributed by atoms with Crippen LogP contribution in [0.3, 0.4) is 0 Å². The van der Waals surface area contributed by atoms with Gasteiger partial charge in [-0.3, -0.25) is 9.69 Å². The lowest BCUT2D eigenvalue weighted by Gasteiger charge is -2.23. The van der Waals surface area contributed by atoms with E-state index in [0.717, 1.165) is 28.3 Å². The molecule has 5 nitrogen and oxygen atoms in total. The second-order valence-electron chi connectivity index (χ2n) is 7.15. The predicted octanol–water partition coefficient (Wildman–Crippen LogP) is 4.88. The molecule has 0 unspecified atom stereocenters. The topological polar surface area (TPSA) is 50.8 Å². The van der Waals surface area contributed by atoms with Crippen LogP contribution >= 0.6 is 11.3 Å². The SMILES string of the molecule is CCOc1ccc(CN(CC)CC(=O)N[C@H](c2ccccc2)c2cccs2)cc1OC. The Morgan fingerprint density at radius 1 is 1.06 bits per heavy atom. The van der Waals surface area contributed by atoms with Crippen molar-refractivity contribution in [3.8, 4) is 11.5 Å². The molecule has 2 aromatic carbocycles. The fourth-order valence-electron chi connectivity index (χ4n) is 3.45. The molecule has 0 radical (unpaired) electrons. The number of nitrogens with zero attached hydrogens (tertiary/aromatic N) is 1. The predicted molar refractivity (Wildman–Crippen MR) is 126 cm³/mol. The number of hydrogen-bond donors (Lipinski definition) is 1.